The van der Waals surface area contributed by atoms with Crippen LogP contribution in [0.1, 0.15) is 18.4 Å². The predicted molar refractivity (Wildman–Crippen MR) is 46.7 cm³/mol. The largest absolute Gasteiger partial charge is 0.384 e. The van der Waals surface area contributed by atoms with Crippen LogP contribution in [-0.4, -0.2) is 13.7 Å². The van der Waals surface area contributed by atoms with Gasteiger partial charge in [-0.2, -0.15) is 0 Å². The van der Waals surface area contributed by atoms with E-state index < -0.39 is 0 Å². The van der Waals surface area contributed by atoms with Crippen LogP contribution in [0, 0.1) is 5.82 Å². The Balaban J connectivity index is 2.73. The molecule has 0 aliphatic rings. The predicted octanol–water partition coefficient (Wildman–Crippen LogP) is 2.58. The van der Waals surface area contributed by atoms with Gasteiger partial charge in [0.05, 0.1) is 6.61 Å². The number of hydrogen-bond acceptors (Lipinski definition) is 1. The molecule has 1 aromatic rings. The maximum absolute atomic E-state index is 12.7. The molecule has 66 valence electrons. The molecule has 0 N–H and O–H groups in total. The smallest absolute Gasteiger partial charge is 0.123 e. The summed E-state index contributed by atoms with van der Waals surface area (Å²) in [7, 11) is 1.65. The second-order valence-corrected chi connectivity index (χ2v) is 2.91. The number of hydrogen-bond donors (Lipinski definition) is 0. The van der Waals surface area contributed by atoms with E-state index in [1.54, 1.807) is 19.2 Å². The minimum atomic E-state index is -0.185. The van der Waals surface area contributed by atoms with Crippen molar-refractivity contribution in [1.82, 2.24) is 0 Å². The summed E-state index contributed by atoms with van der Waals surface area (Å²) in [5, 5.41) is 0. The Morgan fingerprint density at radius 3 is 2.83 bits per heavy atom. The topological polar surface area (TPSA) is 9.23 Å². The molecule has 1 rings (SSSR count). The molecule has 12 heavy (non-hydrogen) atoms. The van der Waals surface area contributed by atoms with Crippen LogP contribution in [-0.2, 0) is 4.74 Å². The molecule has 1 nitrogen and oxygen atoms in total. The van der Waals surface area contributed by atoms with Crippen LogP contribution in [0.25, 0.3) is 0 Å². The molecule has 0 spiro atoms. The van der Waals surface area contributed by atoms with E-state index in [1.165, 1.54) is 6.07 Å². The molecule has 0 amide bonds. The zero-order valence-corrected chi connectivity index (χ0v) is 7.38. The second kappa shape index (κ2) is 4.21. The van der Waals surface area contributed by atoms with Gasteiger partial charge >= 0.3 is 0 Å². The van der Waals surface area contributed by atoms with Crippen molar-refractivity contribution in [1.29, 1.82) is 0 Å². The number of ether oxygens (including phenoxy) is 1. The van der Waals surface area contributed by atoms with Crippen molar-refractivity contribution >= 4 is 0 Å². The highest BCUT2D eigenvalue weighted by atomic mass is 19.1. The lowest BCUT2D eigenvalue weighted by atomic mass is 10.0. The summed E-state index contributed by atoms with van der Waals surface area (Å²) in [5.41, 5.74) is 0.983. The second-order valence-electron chi connectivity index (χ2n) is 2.91. The van der Waals surface area contributed by atoms with Gasteiger partial charge in [0, 0.05) is 13.0 Å². The number of rotatable bonds is 3. The van der Waals surface area contributed by atoms with Gasteiger partial charge in [0.15, 0.2) is 0 Å². The molecular formula is C10H13FO. The van der Waals surface area contributed by atoms with Crippen LogP contribution < -0.4 is 0 Å². The van der Waals surface area contributed by atoms with Crippen LogP contribution in [0.4, 0.5) is 4.39 Å². The molecule has 0 saturated carbocycles. The first-order chi connectivity index (χ1) is 5.74. The van der Waals surface area contributed by atoms with Gasteiger partial charge in [-0.05, 0) is 17.7 Å². The molecule has 2 heteroatoms. The fourth-order valence-corrected chi connectivity index (χ4v) is 1.16. The van der Waals surface area contributed by atoms with E-state index >= 15 is 0 Å². The van der Waals surface area contributed by atoms with Crippen LogP contribution in [0.15, 0.2) is 24.3 Å². The van der Waals surface area contributed by atoms with E-state index in [0.717, 1.165) is 5.56 Å². The average molecular weight is 168 g/mol. The van der Waals surface area contributed by atoms with Gasteiger partial charge < -0.3 is 4.74 Å². The Labute approximate surface area is 72.2 Å². The number of methoxy groups -OCH3 is 1. The van der Waals surface area contributed by atoms with Gasteiger partial charge in [0.25, 0.3) is 0 Å². The molecule has 0 fully saturated rings. The molecule has 0 aromatic heterocycles. The standard InChI is InChI=1S/C10H13FO/c1-8(7-12-2)9-4-3-5-10(11)6-9/h3-6,8H,7H2,1-2H3. The van der Waals surface area contributed by atoms with Crippen molar-refractivity contribution in [3.05, 3.63) is 35.6 Å². The summed E-state index contributed by atoms with van der Waals surface area (Å²) in [5.74, 6) is 0.0705. The Morgan fingerprint density at radius 2 is 2.25 bits per heavy atom. The summed E-state index contributed by atoms with van der Waals surface area (Å²) in [4.78, 5) is 0. The van der Waals surface area contributed by atoms with Crippen molar-refractivity contribution in [3.8, 4) is 0 Å². The third-order valence-corrected chi connectivity index (χ3v) is 1.83. The lowest BCUT2D eigenvalue weighted by Crippen LogP contribution is -2.01. The highest BCUT2D eigenvalue weighted by Gasteiger charge is 2.04. The number of benzene rings is 1. The Morgan fingerprint density at radius 1 is 1.50 bits per heavy atom. The fraction of sp³-hybridized carbons (Fsp3) is 0.400. The van der Waals surface area contributed by atoms with Gasteiger partial charge in [0.1, 0.15) is 5.82 Å². The highest BCUT2D eigenvalue weighted by molar-refractivity contribution is 5.19. The van der Waals surface area contributed by atoms with Gasteiger partial charge in [0.2, 0.25) is 0 Å². The molecule has 1 aromatic carbocycles. The molecule has 0 heterocycles. The van der Waals surface area contributed by atoms with Crippen molar-refractivity contribution in [3.63, 3.8) is 0 Å². The summed E-state index contributed by atoms with van der Waals surface area (Å²) in [6.45, 7) is 2.64. The van der Waals surface area contributed by atoms with E-state index in [9.17, 15) is 4.39 Å². The summed E-state index contributed by atoms with van der Waals surface area (Å²) in [6.07, 6.45) is 0. The quantitative estimate of drug-likeness (QED) is 0.674. The first-order valence-electron chi connectivity index (χ1n) is 3.98. The van der Waals surface area contributed by atoms with E-state index in [2.05, 4.69) is 0 Å². The molecule has 1 unspecified atom stereocenters. The summed E-state index contributed by atoms with van der Waals surface area (Å²) < 4.78 is 17.7. The molecule has 0 saturated heterocycles. The molecule has 0 radical (unpaired) electrons. The molecular weight excluding hydrogens is 155 g/mol. The maximum Gasteiger partial charge on any atom is 0.123 e. The lowest BCUT2D eigenvalue weighted by Gasteiger charge is -2.09. The SMILES string of the molecule is COCC(C)c1cccc(F)c1. The maximum atomic E-state index is 12.7. The van der Waals surface area contributed by atoms with Crippen molar-refractivity contribution in [2.45, 2.75) is 12.8 Å². The van der Waals surface area contributed by atoms with Crippen molar-refractivity contribution < 1.29 is 9.13 Å². The zero-order valence-electron chi connectivity index (χ0n) is 7.38. The molecule has 0 bridgehead atoms. The normalized spacial score (nSPS) is 12.9. The minimum Gasteiger partial charge on any atom is -0.384 e. The van der Waals surface area contributed by atoms with Crippen LogP contribution in [0.5, 0.6) is 0 Å². The lowest BCUT2D eigenvalue weighted by molar-refractivity contribution is 0.184. The first kappa shape index (κ1) is 9.20. The fourth-order valence-electron chi connectivity index (χ4n) is 1.16. The van der Waals surface area contributed by atoms with Gasteiger partial charge in [-0.1, -0.05) is 19.1 Å². The Bertz CT molecular complexity index is 247. The van der Waals surface area contributed by atoms with Crippen LogP contribution in [0.3, 0.4) is 0 Å². The third-order valence-electron chi connectivity index (χ3n) is 1.83. The average Bonchev–Trinajstić information content (AvgIpc) is 2.05. The minimum absolute atomic E-state index is 0.185. The molecule has 0 aliphatic heterocycles. The van der Waals surface area contributed by atoms with E-state index in [1.807, 2.05) is 13.0 Å². The van der Waals surface area contributed by atoms with Crippen LogP contribution >= 0.6 is 0 Å². The van der Waals surface area contributed by atoms with Crippen molar-refractivity contribution in [2.24, 2.45) is 0 Å². The number of halogens is 1. The molecule has 0 aliphatic carbocycles. The van der Waals surface area contributed by atoms with E-state index in [0.29, 0.717) is 6.61 Å². The highest BCUT2D eigenvalue weighted by Crippen LogP contribution is 2.15. The van der Waals surface area contributed by atoms with Gasteiger partial charge in [-0.15, -0.1) is 0 Å². The van der Waals surface area contributed by atoms with Gasteiger partial charge in [-0.3, -0.25) is 0 Å². The van der Waals surface area contributed by atoms with Crippen LogP contribution in [0.2, 0.25) is 0 Å². The Kier molecular flexibility index (Phi) is 3.23. The van der Waals surface area contributed by atoms with E-state index in [4.69, 9.17) is 4.74 Å². The summed E-state index contributed by atoms with van der Waals surface area (Å²) >= 11 is 0. The Hall–Kier alpha value is -0.890. The monoisotopic (exact) mass is 168 g/mol. The van der Waals surface area contributed by atoms with Crippen molar-refractivity contribution in [2.75, 3.05) is 13.7 Å². The third kappa shape index (κ3) is 2.31. The summed E-state index contributed by atoms with van der Waals surface area (Å²) in [6, 6.07) is 6.62. The zero-order chi connectivity index (χ0) is 8.97. The molecule has 1 atom stereocenters. The van der Waals surface area contributed by atoms with Gasteiger partial charge in [-0.25, -0.2) is 4.39 Å². The first-order valence-corrected chi connectivity index (χ1v) is 3.98. The van der Waals surface area contributed by atoms with E-state index in [-0.39, 0.29) is 11.7 Å².